The number of benzene rings is 3. The lowest BCUT2D eigenvalue weighted by Gasteiger charge is -2.49. The Morgan fingerprint density at radius 3 is 2.24 bits per heavy atom. The molecule has 0 radical (unpaired) electrons. The Balaban J connectivity index is 1.61. The van der Waals surface area contributed by atoms with Crippen LogP contribution < -0.4 is 4.90 Å². The molecule has 0 spiro atoms. The Hall–Kier alpha value is -4.47. The van der Waals surface area contributed by atoms with E-state index >= 15 is 0 Å². The third-order valence-electron chi connectivity index (χ3n) is 6.11. The zero-order valence-corrected chi connectivity index (χ0v) is 17.6. The van der Waals surface area contributed by atoms with Crippen LogP contribution in [0.15, 0.2) is 60.7 Å². The molecule has 10 heteroatoms. The molecule has 1 saturated heterocycles. The Morgan fingerprint density at radius 2 is 1.59 bits per heavy atom. The summed E-state index contributed by atoms with van der Waals surface area (Å²) in [5.74, 6) is -3.57. The van der Waals surface area contributed by atoms with Crippen molar-refractivity contribution in [2.75, 3.05) is 4.90 Å². The number of hydrogen-bond donors (Lipinski definition) is 0. The second-order valence-electron chi connectivity index (χ2n) is 8.02. The van der Waals surface area contributed by atoms with Gasteiger partial charge in [-0.3, -0.25) is 29.4 Å². The molecule has 2 aliphatic rings. The standard InChI is InChI=1S/C24H15F2N3O5/c1-12-5-10-15(11-17(12)26)27-20(13-6-8-14(25)9-7-13)21(24(27)32)28-22(30)16-3-2-4-18(29(33)34)19(16)23(28)31/h2-11,20-21H,1H3/t20-,21-/m0/s1. The smallest absolute Gasteiger partial charge is 0.282 e. The van der Waals surface area contributed by atoms with E-state index in [1.54, 1.807) is 6.92 Å². The summed E-state index contributed by atoms with van der Waals surface area (Å²) in [4.78, 5) is 52.2. The predicted molar refractivity (Wildman–Crippen MR) is 115 cm³/mol. The number of aryl methyl sites for hydroxylation is 1. The van der Waals surface area contributed by atoms with Gasteiger partial charge in [-0.05, 0) is 48.4 Å². The summed E-state index contributed by atoms with van der Waals surface area (Å²) in [5, 5.41) is 11.4. The number of halogens is 2. The lowest BCUT2D eigenvalue weighted by Crippen LogP contribution is -2.67. The number of carbonyl (C=O) groups is 3. The quantitative estimate of drug-likeness (QED) is 0.253. The van der Waals surface area contributed by atoms with Crippen LogP contribution in [0.1, 0.15) is 37.9 Å². The second-order valence-corrected chi connectivity index (χ2v) is 8.02. The fourth-order valence-electron chi connectivity index (χ4n) is 4.43. The number of nitro groups is 1. The van der Waals surface area contributed by atoms with E-state index in [0.717, 1.165) is 24.3 Å². The van der Waals surface area contributed by atoms with E-state index in [-0.39, 0.29) is 16.8 Å². The van der Waals surface area contributed by atoms with Crippen LogP contribution in [-0.4, -0.2) is 33.6 Å². The van der Waals surface area contributed by atoms with E-state index in [9.17, 15) is 33.3 Å². The van der Waals surface area contributed by atoms with E-state index in [1.807, 2.05) is 0 Å². The zero-order chi connectivity index (χ0) is 24.3. The highest BCUT2D eigenvalue weighted by atomic mass is 19.1. The van der Waals surface area contributed by atoms with Gasteiger partial charge < -0.3 is 4.90 Å². The molecule has 170 valence electrons. The zero-order valence-electron chi connectivity index (χ0n) is 17.6. The highest BCUT2D eigenvalue weighted by molar-refractivity contribution is 6.26. The van der Waals surface area contributed by atoms with Crippen LogP contribution >= 0.6 is 0 Å². The fraction of sp³-hybridized carbons (Fsp3) is 0.125. The van der Waals surface area contributed by atoms with Crippen LogP contribution in [0.4, 0.5) is 20.2 Å². The Labute approximate surface area is 191 Å². The molecule has 2 atom stereocenters. The molecular formula is C24H15F2N3O5. The normalized spacial score (nSPS) is 19.3. The van der Waals surface area contributed by atoms with Gasteiger partial charge in [0, 0.05) is 11.8 Å². The molecule has 8 nitrogen and oxygen atoms in total. The molecule has 0 aliphatic carbocycles. The van der Waals surface area contributed by atoms with Crippen molar-refractivity contribution in [3.05, 3.63) is 105 Å². The minimum absolute atomic E-state index is 0.176. The van der Waals surface area contributed by atoms with Gasteiger partial charge in [0.2, 0.25) is 0 Å². The van der Waals surface area contributed by atoms with E-state index in [1.165, 1.54) is 41.3 Å². The molecule has 34 heavy (non-hydrogen) atoms. The molecule has 0 N–H and O–H groups in total. The minimum Gasteiger partial charge on any atom is -0.300 e. The number of hydrogen-bond acceptors (Lipinski definition) is 5. The number of nitro benzene ring substituents is 1. The van der Waals surface area contributed by atoms with Crippen molar-refractivity contribution in [3.8, 4) is 0 Å². The molecule has 3 aromatic rings. The van der Waals surface area contributed by atoms with Crippen molar-refractivity contribution in [3.63, 3.8) is 0 Å². The average Bonchev–Trinajstić information content (AvgIpc) is 3.05. The van der Waals surface area contributed by atoms with Gasteiger partial charge in [-0.1, -0.05) is 24.3 Å². The molecule has 3 amide bonds. The van der Waals surface area contributed by atoms with E-state index in [4.69, 9.17) is 0 Å². The number of imide groups is 1. The number of β-lactam (4-membered cyclic amide) rings is 1. The van der Waals surface area contributed by atoms with Crippen molar-refractivity contribution >= 4 is 29.1 Å². The van der Waals surface area contributed by atoms with E-state index in [2.05, 4.69) is 0 Å². The average molecular weight is 463 g/mol. The molecule has 3 aromatic carbocycles. The van der Waals surface area contributed by atoms with Crippen molar-refractivity contribution in [1.29, 1.82) is 0 Å². The van der Waals surface area contributed by atoms with Gasteiger partial charge in [0.25, 0.3) is 23.4 Å². The Bertz CT molecular complexity index is 1410. The maximum atomic E-state index is 14.3. The van der Waals surface area contributed by atoms with Crippen LogP contribution in [0.5, 0.6) is 0 Å². The van der Waals surface area contributed by atoms with Crippen molar-refractivity contribution in [2.24, 2.45) is 0 Å². The monoisotopic (exact) mass is 463 g/mol. The highest BCUT2D eigenvalue weighted by Crippen LogP contribution is 2.45. The van der Waals surface area contributed by atoms with Crippen LogP contribution in [0.25, 0.3) is 0 Å². The highest BCUT2D eigenvalue weighted by Gasteiger charge is 2.58. The third-order valence-corrected chi connectivity index (χ3v) is 6.11. The summed E-state index contributed by atoms with van der Waals surface area (Å²) >= 11 is 0. The first-order valence-electron chi connectivity index (χ1n) is 10.2. The summed E-state index contributed by atoms with van der Waals surface area (Å²) in [6.07, 6.45) is 0. The summed E-state index contributed by atoms with van der Waals surface area (Å²) in [6, 6.07) is 10.7. The lowest BCUT2D eigenvalue weighted by molar-refractivity contribution is -0.385. The van der Waals surface area contributed by atoms with E-state index < -0.39 is 52.1 Å². The SMILES string of the molecule is Cc1ccc(N2C(=O)[C@@H](N3C(=O)c4cccc([N+](=O)[O-])c4C3=O)[C@@H]2c2ccc(F)cc2)cc1F. The number of amides is 3. The predicted octanol–water partition coefficient (Wildman–Crippen LogP) is 3.93. The third kappa shape index (κ3) is 2.99. The molecule has 1 fully saturated rings. The molecule has 0 aromatic heterocycles. The van der Waals surface area contributed by atoms with Gasteiger partial charge in [0.15, 0.2) is 0 Å². The molecule has 2 aliphatic heterocycles. The summed E-state index contributed by atoms with van der Waals surface area (Å²) in [5.41, 5.74) is -0.146. The summed E-state index contributed by atoms with van der Waals surface area (Å²) in [7, 11) is 0. The van der Waals surface area contributed by atoms with Crippen LogP contribution in [0.3, 0.4) is 0 Å². The second kappa shape index (κ2) is 7.55. The molecule has 0 saturated carbocycles. The maximum absolute atomic E-state index is 14.3. The maximum Gasteiger partial charge on any atom is 0.282 e. The first-order chi connectivity index (χ1) is 16.2. The number of rotatable bonds is 4. The molecule has 5 rings (SSSR count). The van der Waals surface area contributed by atoms with Crippen LogP contribution in [-0.2, 0) is 4.79 Å². The van der Waals surface area contributed by atoms with Crippen molar-refractivity contribution in [2.45, 2.75) is 19.0 Å². The first-order valence-corrected chi connectivity index (χ1v) is 10.2. The summed E-state index contributed by atoms with van der Waals surface area (Å²) in [6.45, 7) is 1.56. The minimum atomic E-state index is -1.35. The topological polar surface area (TPSA) is 101 Å². The Morgan fingerprint density at radius 1 is 0.882 bits per heavy atom. The van der Waals surface area contributed by atoms with Gasteiger partial charge in [-0.2, -0.15) is 0 Å². The van der Waals surface area contributed by atoms with Gasteiger partial charge in [0.1, 0.15) is 23.2 Å². The molecule has 0 unspecified atom stereocenters. The van der Waals surface area contributed by atoms with Gasteiger partial charge in [-0.25, -0.2) is 8.78 Å². The van der Waals surface area contributed by atoms with Gasteiger partial charge >= 0.3 is 0 Å². The molecule has 0 bridgehead atoms. The van der Waals surface area contributed by atoms with Crippen LogP contribution in [0, 0.1) is 28.7 Å². The van der Waals surface area contributed by atoms with Gasteiger partial charge in [-0.15, -0.1) is 0 Å². The number of nitrogens with zero attached hydrogens (tertiary/aromatic N) is 3. The molecule has 2 heterocycles. The largest absolute Gasteiger partial charge is 0.300 e. The number of fused-ring (bicyclic) bond motifs is 1. The fourth-order valence-corrected chi connectivity index (χ4v) is 4.43. The number of carbonyl (C=O) groups excluding carboxylic acids is 3. The van der Waals surface area contributed by atoms with Gasteiger partial charge in [0.05, 0.1) is 16.5 Å². The van der Waals surface area contributed by atoms with E-state index in [0.29, 0.717) is 16.0 Å². The van der Waals surface area contributed by atoms with Crippen molar-refractivity contribution < 1.29 is 28.1 Å². The van der Waals surface area contributed by atoms with Crippen molar-refractivity contribution in [1.82, 2.24) is 4.90 Å². The lowest BCUT2D eigenvalue weighted by atomic mass is 9.86. The number of anilines is 1. The molecular weight excluding hydrogens is 448 g/mol. The summed E-state index contributed by atoms with van der Waals surface area (Å²) < 4.78 is 27.8. The first kappa shape index (κ1) is 21.4. The Kier molecular flexibility index (Phi) is 4.75. The van der Waals surface area contributed by atoms with Crippen LogP contribution in [0.2, 0.25) is 0 Å².